The second-order valence-electron chi connectivity index (χ2n) is 4.02. The summed E-state index contributed by atoms with van der Waals surface area (Å²) in [5.74, 6) is 0.111. The molecule has 0 aliphatic heterocycles. The Morgan fingerprint density at radius 1 is 1.53 bits per heavy atom. The van der Waals surface area contributed by atoms with Gasteiger partial charge in [0.15, 0.2) is 0 Å². The van der Waals surface area contributed by atoms with Crippen LogP contribution in [0.15, 0.2) is 18.2 Å². The van der Waals surface area contributed by atoms with E-state index in [9.17, 15) is 14.9 Å². The summed E-state index contributed by atoms with van der Waals surface area (Å²) in [6.07, 6.45) is 1.85. The monoisotopic (exact) mass is 254 g/mol. The second-order valence-corrected chi connectivity index (χ2v) is 4.43. The SMILES string of the molecule is O=C(NCc1cc([N+](=O)[O-])ccc1Cl)C1CC1. The molecular weight excluding hydrogens is 244 g/mol. The maximum Gasteiger partial charge on any atom is 0.269 e. The lowest BCUT2D eigenvalue weighted by atomic mass is 10.2. The molecule has 0 aromatic heterocycles. The molecule has 0 atom stereocenters. The predicted octanol–water partition coefficient (Wildman–Crippen LogP) is 2.27. The normalized spacial score (nSPS) is 14.4. The fourth-order valence-electron chi connectivity index (χ4n) is 1.48. The average Bonchev–Trinajstić information content (AvgIpc) is 3.11. The van der Waals surface area contributed by atoms with Gasteiger partial charge < -0.3 is 5.32 Å². The van der Waals surface area contributed by atoms with Crippen LogP contribution in [0.2, 0.25) is 5.02 Å². The molecule has 5 nitrogen and oxygen atoms in total. The van der Waals surface area contributed by atoms with E-state index in [0.717, 1.165) is 12.8 Å². The van der Waals surface area contributed by atoms with E-state index in [-0.39, 0.29) is 24.1 Å². The van der Waals surface area contributed by atoms with Crippen molar-refractivity contribution >= 4 is 23.2 Å². The van der Waals surface area contributed by atoms with Gasteiger partial charge in [0.2, 0.25) is 5.91 Å². The number of carbonyl (C=O) groups excluding carboxylic acids is 1. The van der Waals surface area contributed by atoms with Crippen molar-refractivity contribution in [3.63, 3.8) is 0 Å². The van der Waals surface area contributed by atoms with Crippen molar-refractivity contribution < 1.29 is 9.72 Å². The van der Waals surface area contributed by atoms with Crippen molar-refractivity contribution in [2.45, 2.75) is 19.4 Å². The fourth-order valence-corrected chi connectivity index (χ4v) is 1.67. The van der Waals surface area contributed by atoms with Gasteiger partial charge in [-0.15, -0.1) is 0 Å². The first-order chi connectivity index (χ1) is 8.08. The first kappa shape index (κ1) is 11.9. The van der Waals surface area contributed by atoms with E-state index in [1.807, 2.05) is 0 Å². The highest BCUT2D eigenvalue weighted by atomic mass is 35.5. The highest BCUT2D eigenvalue weighted by molar-refractivity contribution is 6.31. The minimum absolute atomic E-state index is 0.00688. The second kappa shape index (κ2) is 4.71. The summed E-state index contributed by atoms with van der Waals surface area (Å²) in [5.41, 5.74) is 0.542. The zero-order valence-electron chi connectivity index (χ0n) is 8.98. The Kier molecular flexibility index (Phi) is 3.28. The summed E-state index contributed by atoms with van der Waals surface area (Å²) in [5, 5.41) is 13.7. The molecule has 1 aromatic rings. The number of benzene rings is 1. The van der Waals surface area contributed by atoms with Crippen LogP contribution in [-0.2, 0) is 11.3 Å². The van der Waals surface area contributed by atoms with Crippen LogP contribution >= 0.6 is 11.6 Å². The lowest BCUT2D eigenvalue weighted by Gasteiger charge is -2.06. The molecule has 0 saturated heterocycles. The Hall–Kier alpha value is -1.62. The first-order valence-electron chi connectivity index (χ1n) is 5.28. The highest BCUT2D eigenvalue weighted by Crippen LogP contribution is 2.29. The molecule has 1 saturated carbocycles. The van der Waals surface area contributed by atoms with Crippen molar-refractivity contribution in [2.24, 2.45) is 5.92 Å². The van der Waals surface area contributed by atoms with Gasteiger partial charge in [0, 0.05) is 29.6 Å². The smallest absolute Gasteiger partial charge is 0.269 e. The van der Waals surface area contributed by atoms with Gasteiger partial charge in [-0.25, -0.2) is 0 Å². The maximum absolute atomic E-state index is 11.4. The molecule has 0 heterocycles. The van der Waals surface area contributed by atoms with Gasteiger partial charge in [0.05, 0.1) is 4.92 Å². The van der Waals surface area contributed by atoms with Crippen molar-refractivity contribution in [2.75, 3.05) is 0 Å². The minimum atomic E-state index is -0.484. The van der Waals surface area contributed by atoms with Gasteiger partial charge in [0.1, 0.15) is 0 Å². The zero-order chi connectivity index (χ0) is 12.4. The number of nitrogens with zero attached hydrogens (tertiary/aromatic N) is 1. The number of nitro benzene ring substituents is 1. The molecule has 0 radical (unpaired) electrons. The Labute approximate surface area is 103 Å². The van der Waals surface area contributed by atoms with Crippen LogP contribution in [0.1, 0.15) is 18.4 Å². The van der Waals surface area contributed by atoms with Crippen molar-refractivity contribution in [3.8, 4) is 0 Å². The maximum atomic E-state index is 11.4. The minimum Gasteiger partial charge on any atom is -0.352 e. The number of carbonyl (C=O) groups is 1. The Morgan fingerprint density at radius 3 is 2.82 bits per heavy atom. The van der Waals surface area contributed by atoms with Crippen molar-refractivity contribution in [1.82, 2.24) is 5.32 Å². The van der Waals surface area contributed by atoms with Gasteiger partial charge in [-0.1, -0.05) is 11.6 Å². The molecule has 0 bridgehead atoms. The molecule has 1 aliphatic carbocycles. The number of rotatable bonds is 4. The van der Waals surface area contributed by atoms with Crippen molar-refractivity contribution in [3.05, 3.63) is 38.9 Å². The van der Waals surface area contributed by atoms with E-state index in [2.05, 4.69) is 5.32 Å². The lowest BCUT2D eigenvalue weighted by Crippen LogP contribution is -2.24. The number of nitrogens with one attached hydrogen (secondary N) is 1. The molecular formula is C11H11ClN2O3. The first-order valence-corrected chi connectivity index (χ1v) is 5.66. The number of amides is 1. The zero-order valence-corrected chi connectivity index (χ0v) is 9.74. The molecule has 2 rings (SSSR count). The van der Waals surface area contributed by atoms with Crippen LogP contribution in [0.4, 0.5) is 5.69 Å². The molecule has 0 spiro atoms. The summed E-state index contributed by atoms with van der Waals surface area (Å²) < 4.78 is 0. The third-order valence-electron chi connectivity index (χ3n) is 2.64. The van der Waals surface area contributed by atoms with E-state index >= 15 is 0 Å². The van der Waals surface area contributed by atoms with E-state index in [4.69, 9.17) is 11.6 Å². The largest absolute Gasteiger partial charge is 0.352 e. The summed E-state index contributed by atoms with van der Waals surface area (Å²) in [6, 6.07) is 4.20. The highest BCUT2D eigenvalue weighted by Gasteiger charge is 2.29. The predicted molar refractivity (Wildman–Crippen MR) is 62.7 cm³/mol. The third-order valence-corrected chi connectivity index (χ3v) is 3.01. The third kappa shape index (κ3) is 2.94. The number of non-ortho nitro benzene ring substituents is 1. The number of halogens is 1. The number of hydrogen-bond donors (Lipinski definition) is 1. The quantitative estimate of drug-likeness (QED) is 0.662. The molecule has 6 heteroatoms. The van der Waals surface area contributed by atoms with Gasteiger partial charge in [-0.3, -0.25) is 14.9 Å². The lowest BCUT2D eigenvalue weighted by molar-refractivity contribution is -0.384. The standard InChI is InChI=1S/C11H11ClN2O3/c12-10-4-3-9(14(16)17)5-8(10)6-13-11(15)7-1-2-7/h3-5,7H,1-2,6H2,(H,13,15). The molecule has 1 aliphatic rings. The van der Waals surface area contributed by atoms with E-state index in [0.29, 0.717) is 10.6 Å². The number of hydrogen-bond acceptors (Lipinski definition) is 3. The van der Waals surface area contributed by atoms with Crippen LogP contribution in [0.25, 0.3) is 0 Å². The molecule has 1 amide bonds. The molecule has 17 heavy (non-hydrogen) atoms. The average molecular weight is 255 g/mol. The molecule has 1 fully saturated rings. The van der Waals surface area contributed by atoms with Crippen LogP contribution in [-0.4, -0.2) is 10.8 Å². The van der Waals surface area contributed by atoms with Gasteiger partial charge in [0.25, 0.3) is 5.69 Å². The Bertz CT molecular complexity index is 472. The summed E-state index contributed by atoms with van der Waals surface area (Å²) in [6.45, 7) is 0.232. The van der Waals surface area contributed by atoms with Crippen molar-refractivity contribution in [1.29, 1.82) is 0 Å². The Balaban J connectivity index is 2.05. The van der Waals surface area contributed by atoms with E-state index < -0.39 is 4.92 Å². The van der Waals surface area contributed by atoms with E-state index in [1.165, 1.54) is 18.2 Å². The molecule has 0 unspecified atom stereocenters. The van der Waals surface area contributed by atoms with Crippen LogP contribution in [0.5, 0.6) is 0 Å². The van der Waals surface area contributed by atoms with Gasteiger partial charge in [-0.05, 0) is 24.5 Å². The molecule has 1 aromatic carbocycles. The Morgan fingerprint density at radius 2 is 2.24 bits per heavy atom. The van der Waals surface area contributed by atoms with Gasteiger partial charge in [-0.2, -0.15) is 0 Å². The van der Waals surface area contributed by atoms with E-state index in [1.54, 1.807) is 0 Å². The van der Waals surface area contributed by atoms with Crippen LogP contribution < -0.4 is 5.32 Å². The molecule has 1 N–H and O–H groups in total. The number of nitro groups is 1. The fraction of sp³-hybridized carbons (Fsp3) is 0.364. The van der Waals surface area contributed by atoms with Crippen LogP contribution in [0.3, 0.4) is 0 Å². The summed E-state index contributed by atoms with van der Waals surface area (Å²) >= 11 is 5.91. The summed E-state index contributed by atoms with van der Waals surface area (Å²) in [7, 11) is 0. The van der Waals surface area contributed by atoms with Gasteiger partial charge >= 0.3 is 0 Å². The topological polar surface area (TPSA) is 72.2 Å². The van der Waals surface area contributed by atoms with Crippen LogP contribution in [0, 0.1) is 16.0 Å². The summed E-state index contributed by atoms with van der Waals surface area (Å²) in [4.78, 5) is 21.5. The molecule has 90 valence electrons.